The predicted molar refractivity (Wildman–Crippen MR) is 93.4 cm³/mol. The van der Waals surface area contributed by atoms with Crippen molar-refractivity contribution in [2.75, 3.05) is 40.5 Å². The molecule has 2 atom stereocenters. The van der Waals surface area contributed by atoms with Gasteiger partial charge in [-0.25, -0.2) is 0 Å². The van der Waals surface area contributed by atoms with Crippen molar-refractivity contribution in [3.8, 4) is 11.5 Å². The number of ether oxygens (including phenoxy) is 3. The molecule has 1 aromatic heterocycles. The largest absolute Gasteiger partial charge is 0.485 e. The first-order valence-corrected chi connectivity index (χ1v) is 9.40. The third-order valence-electron chi connectivity index (χ3n) is 4.63. The van der Waals surface area contributed by atoms with E-state index in [1.165, 1.54) is 11.3 Å². The molecule has 0 bridgehead atoms. The van der Waals surface area contributed by atoms with Crippen LogP contribution < -0.4 is 14.8 Å². The Morgan fingerprint density at radius 3 is 2.96 bits per heavy atom. The summed E-state index contributed by atoms with van der Waals surface area (Å²) in [6.45, 7) is 2.08. The normalized spacial score (nSPS) is 21.8. The van der Waals surface area contributed by atoms with Crippen molar-refractivity contribution in [3.05, 3.63) is 10.3 Å². The molecule has 2 aliphatic rings. The van der Waals surface area contributed by atoms with Crippen LogP contribution in [0.3, 0.4) is 0 Å². The molecule has 7 nitrogen and oxygen atoms in total. The smallest absolute Gasteiger partial charge is 0.265 e. The first-order chi connectivity index (χ1) is 12.1. The lowest BCUT2D eigenvalue weighted by Gasteiger charge is -2.21. The first-order valence-electron chi connectivity index (χ1n) is 8.52. The molecule has 1 aliphatic heterocycles. The number of nitrogens with zero attached hydrogens (tertiary/aromatic N) is 1. The van der Waals surface area contributed by atoms with Gasteiger partial charge in [0.25, 0.3) is 5.91 Å². The fourth-order valence-corrected chi connectivity index (χ4v) is 4.09. The molecular formula is C17H24N2O5S. The van der Waals surface area contributed by atoms with Gasteiger partial charge in [-0.05, 0) is 19.3 Å². The van der Waals surface area contributed by atoms with E-state index in [2.05, 4.69) is 5.32 Å². The minimum atomic E-state index is -0.150. The SMILES string of the molecule is COCCN(C)C(=O)[C@H]1CC[C@@H](NC(=O)c2scc3c2OCCO3)C1. The van der Waals surface area contributed by atoms with Crippen LogP contribution in [0.1, 0.15) is 28.9 Å². The van der Waals surface area contributed by atoms with E-state index < -0.39 is 0 Å². The highest BCUT2D eigenvalue weighted by molar-refractivity contribution is 7.12. The first kappa shape index (κ1) is 18.0. The Labute approximate surface area is 151 Å². The fraction of sp³-hybridized carbons (Fsp3) is 0.647. The summed E-state index contributed by atoms with van der Waals surface area (Å²) in [4.78, 5) is 27.2. The van der Waals surface area contributed by atoms with Crippen molar-refractivity contribution in [2.45, 2.75) is 25.3 Å². The molecule has 1 saturated carbocycles. The van der Waals surface area contributed by atoms with Gasteiger partial charge in [0.15, 0.2) is 11.5 Å². The Morgan fingerprint density at radius 2 is 2.16 bits per heavy atom. The van der Waals surface area contributed by atoms with Crippen LogP contribution in [0.5, 0.6) is 11.5 Å². The zero-order chi connectivity index (χ0) is 17.8. The third-order valence-corrected chi connectivity index (χ3v) is 5.57. The molecule has 2 amide bonds. The van der Waals surface area contributed by atoms with Gasteiger partial charge < -0.3 is 24.4 Å². The van der Waals surface area contributed by atoms with Crippen LogP contribution in [0, 0.1) is 5.92 Å². The number of likely N-dealkylation sites (N-methyl/N-ethyl adjacent to an activating group) is 1. The summed E-state index contributed by atoms with van der Waals surface area (Å²) in [6, 6.07) is 0.0135. The summed E-state index contributed by atoms with van der Waals surface area (Å²) in [6.07, 6.45) is 2.28. The highest BCUT2D eigenvalue weighted by atomic mass is 32.1. The van der Waals surface area contributed by atoms with E-state index >= 15 is 0 Å². The number of amides is 2. The fourth-order valence-electron chi connectivity index (χ4n) is 3.26. The van der Waals surface area contributed by atoms with Crippen LogP contribution in [-0.4, -0.2) is 63.3 Å². The number of methoxy groups -OCH3 is 1. The number of carbonyl (C=O) groups excluding carboxylic acids is 2. The number of hydrogen-bond donors (Lipinski definition) is 1. The number of fused-ring (bicyclic) bond motifs is 1. The molecule has 0 aromatic carbocycles. The number of nitrogens with one attached hydrogen (secondary N) is 1. The molecule has 1 aromatic rings. The van der Waals surface area contributed by atoms with Crippen LogP contribution in [0.4, 0.5) is 0 Å². The Hall–Kier alpha value is -1.80. The van der Waals surface area contributed by atoms with Gasteiger partial charge in [0.2, 0.25) is 5.91 Å². The van der Waals surface area contributed by atoms with Crippen molar-refractivity contribution in [3.63, 3.8) is 0 Å². The summed E-state index contributed by atoms with van der Waals surface area (Å²) in [5, 5.41) is 4.84. The highest BCUT2D eigenvalue weighted by Crippen LogP contribution is 2.39. The van der Waals surface area contributed by atoms with E-state index in [1.54, 1.807) is 24.4 Å². The summed E-state index contributed by atoms with van der Waals surface area (Å²) < 4.78 is 16.1. The van der Waals surface area contributed by atoms with Gasteiger partial charge in [0.05, 0.1) is 6.61 Å². The van der Waals surface area contributed by atoms with E-state index in [0.29, 0.717) is 49.2 Å². The van der Waals surface area contributed by atoms with Crippen LogP contribution in [0.2, 0.25) is 0 Å². The molecule has 1 fully saturated rings. The number of carbonyl (C=O) groups is 2. The highest BCUT2D eigenvalue weighted by Gasteiger charge is 2.33. The second-order valence-electron chi connectivity index (χ2n) is 6.39. The van der Waals surface area contributed by atoms with Gasteiger partial charge in [-0.1, -0.05) is 0 Å². The van der Waals surface area contributed by atoms with Crippen LogP contribution in [0.25, 0.3) is 0 Å². The average molecular weight is 368 g/mol. The monoisotopic (exact) mass is 368 g/mol. The van der Waals surface area contributed by atoms with Gasteiger partial charge in [-0.15, -0.1) is 11.3 Å². The Balaban J connectivity index is 1.53. The molecule has 3 rings (SSSR count). The van der Waals surface area contributed by atoms with E-state index in [9.17, 15) is 9.59 Å². The third kappa shape index (κ3) is 4.07. The molecule has 1 aliphatic carbocycles. The zero-order valence-corrected chi connectivity index (χ0v) is 15.4. The van der Waals surface area contributed by atoms with Crippen molar-refractivity contribution in [2.24, 2.45) is 5.92 Å². The Morgan fingerprint density at radius 1 is 1.36 bits per heavy atom. The second kappa shape index (κ2) is 8.05. The van der Waals surface area contributed by atoms with E-state index in [0.717, 1.165) is 12.8 Å². The van der Waals surface area contributed by atoms with Gasteiger partial charge in [0, 0.05) is 38.0 Å². The van der Waals surface area contributed by atoms with E-state index in [-0.39, 0.29) is 23.8 Å². The van der Waals surface area contributed by atoms with E-state index in [1.807, 2.05) is 0 Å². The summed E-state index contributed by atoms with van der Waals surface area (Å²) in [5.74, 6) is 1.12. The molecule has 0 saturated heterocycles. The summed E-state index contributed by atoms with van der Waals surface area (Å²) in [7, 11) is 3.42. The summed E-state index contributed by atoms with van der Waals surface area (Å²) >= 11 is 1.33. The molecular weight excluding hydrogens is 344 g/mol. The minimum absolute atomic E-state index is 0.0135. The number of rotatable bonds is 6. The number of hydrogen-bond acceptors (Lipinski definition) is 6. The molecule has 2 heterocycles. The maximum absolute atomic E-state index is 12.5. The lowest BCUT2D eigenvalue weighted by Crippen LogP contribution is -2.36. The van der Waals surface area contributed by atoms with Crippen LogP contribution >= 0.6 is 11.3 Å². The maximum Gasteiger partial charge on any atom is 0.265 e. The Bertz CT molecular complexity index is 633. The van der Waals surface area contributed by atoms with Gasteiger partial charge in [-0.3, -0.25) is 9.59 Å². The second-order valence-corrected chi connectivity index (χ2v) is 7.27. The molecule has 25 heavy (non-hydrogen) atoms. The summed E-state index contributed by atoms with van der Waals surface area (Å²) in [5.41, 5.74) is 0. The Kier molecular flexibility index (Phi) is 5.80. The molecule has 0 radical (unpaired) electrons. The van der Waals surface area contributed by atoms with Gasteiger partial charge in [0.1, 0.15) is 18.1 Å². The molecule has 138 valence electrons. The lowest BCUT2D eigenvalue weighted by atomic mass is 10.1. The quantitative estimate of drug-likeness (QED) is 0.824. The average Bonchev–Trinajstić information content (AvgIpc) is 3.25. The predicted octanol–water partition coefficient (Wildman–Crippen LogP) is 1.52. The van der Waals surface area contributed by atoms with Crippen molar-refractivity contribution < 1.29 is 23.8 Å². The van der Waals surface area contributed by atoms with Crippen molar-refractivity contribution in [1.82, 2.24) is 10.2 Å². The standard InChI is InChI=1S/C17H24N2O5S/c1-19(5-6-22-2)17(21)11-3-4-12(9-11)18-16(20)15-14-13(10-25-15)23-7-8-24-14/h10-12H,3-9H2,1-2H3,(H,18,20)/t11-,12+/m0/s1. The number of thiophene rings is 1. The maximum atomic E-state index is 12.5. The zero-order valence-electron chi connectivity index (χ0n) is 14.6. The topological polar surface area (TPSA) is 77.1 Å². The van der Waals surface area contributed by atoms with E-state index in [4.69, 9.17) is 14.2 Å². The molecule has 8 heteroatoms. The van der Waals surface area contributed by atoms with Crippen molar-refractivity contribution >= 4 is 23.2 Å². The van der Waals surface area contributed by atoms with Gasteiger partial charge >= 0.3 is 0 Å². The molecule has 0 spiro atoms. The van der Waals surface area contributed by atoms with Gasteiger partial charge in [-0.2, -0.15) is 0 Å². The van der Waals surface area contributed by atoms with Crippen LogP contribution in [-0.2, 0) is 9.53 Å². The van der Waals surface area contributed by atoms with Crippen LogP contribution in [0.15, 0.2) is 5.38 Å². The van der Waals surface area contributed by atoms with Crippen molar-refractivity contribution in [1.29, 1.82) is 0 Å². The molecule has 1 N–H and O–H groups in total. The molecule has 0 unspecified atom stereocenters. The lowest BCUT2D eigenvalue weighted by molar-refractivity contribution is -0.134. The minimum Gasteiger partial charge on any atom is -0.485 e.